The van der Waals surface area contributed by atoms with Gasteiger partial charge in [-0.2, -0.15) is 26.3 Å². The second-order valence-electron chi connectivity index (χ2n) is 18.4. The van der Waals surface area contributed by atoms with Crippen LogP contribution in [0.15, 0.2) is 146 Å². The number of hydrogen-bond acceptors (Lipinski definition) is 10. The molecule has 0 fully saturated rings. The quantitative estimate of drug-likeness (QED) is 0.0203. The van der Waals surface area contributed by atoms with E-state index in [1.807, 2.05) is 0 Å². The highest BCUT2D eigenvalue weighted by Crippen LogP contribution is 2.56. The van der Waals surface area contributed by atoms with Crippen LogP contribution in [0.1, 0.15) is 156 Å². The Morgan fingerprint density at radius 1 is 0.312 bits per heavy atom. The minimum atomic E-state index is -5.95. The van der Waals surface area contributed by atoms with E-state index in [-0.39, 0.29) is 45.3 Å². The second-order valence-corrected chi connectivity index (χ2v) is 18.4. The van der Waals surface area contributed by atoms with Gasteiger partial charge in [-0.25, -0.2) is 19.2 Å². The average molecular weight is 1070 g/mol. The monoisotopic (exact) mass is 1070 g/mol. The normalized spacial score (nSPS) is 11.6. The van der Waals surface area contributed by atoms with Gasteiger partial charge >= 0.3 is 36.2 Å². The third kappa shape index (κ3) is 16.7. The van der Waals surface area contributed by atoms with Crippen LogP contribution >= 0.6 is 0 Å². The van der Waals surface area contributed by atoms with Crippen LogP contribution < -0.4 is 28.4 Å². The van der Waals surface area contributed by atoms with E-state index in [1.54, 1.807) is 48.5 Å². The standard InChI is InChI=1S/C61H62F6O10/c1-3-5-7-9-11-13-15-41-72-49-29-17-43(18-30-49)55(68)74-51-33-21-45(22-34-51)57(70)76-53-37-25-47(26-38-53)59(60(62,63)64,61(65,66)67)48-27-39-54(40-28-48)77-58(71)46-23-35-52(36-24-46)75-56(69)44-19-31-50(32-20-44)73-42-16-14-12-10-8-6-4-2/h17-40H,3-16,41-42H2,1-2H3. The van der Waals surface area contributed by atoms with Crippen molar-refractivity contribution in [2.75, 3.05) is 13.2 Å². The van der Waals surface area contributed by atoms with E-state index in [0.29, 0.717) is 49.0 Å². The Morgan fingerprint density at radius 3 is 0.779 bits per heavy atom. The Morgan fingerprint density at radius 2 is 0.532 bits per heavy atom. The van der Waals surface area contributed by atoms with Gasteiger partial charge in [0.1, 0.15) is 34.5 Å². The first-order chi connectivity index (χ1) is 37.0. The van der Waals surface area contributed by atoms with Gasteiger partial charge in [-0.3, -0.25) is 0 Å². The maximum Gasteiger partial charge on any atom is 0.411 e. The molecule has 0 heterocycles. The van der Waals surface area contributed by atoms with Crippen molar-refractivity contribution < 1.29 is 73.9 Å². The molecule has 0 aliphatic heterocycles. The molecule has 0 bridgehead atoms. The molecule has 6 aromatic carbocycles. The smallest absolute Gasteiger partial charge is 0.411 e. The number of carbonyl (C=O) groups excluding carboxylic acids is 4. The molecular weight excluding hydrogens is 1010 g/mol. The van der Waals surface area contributed by atoms with Crippen LogP contribution in [0.2, 0.25) is 0 Å². The summed E-state index contributed by atoms with van der Waals surface area (Å²) in [6, 6.07) is 28.7. The zero-order chi connectivity index (χ0) is 55.3. The molecule has 0 aromatic heterocycles. The Hall–Kier alpha value is -7.62. The predicted octanol–water partition coefficient (Wildman–Crippen LogP) is 16.2. The minimum absolute atomic E-state index is 0.0627. The van der Waals surface area contributed by atoms with E-state index >= 15 is 0 Å². The van der Waals surface area contributed by atoms with E-state index in [2.05, 4.69) is 13.8 Å². The molecule has 0 atom stereocenters. The van der Waals surface area contributed by atoms with Crippen molar-refractivity contribution in [2.24, 2.45) is 0 Å². The van der Waals surface area contributed by atoms with E-state index in [0.717, 1.165) is 62.8 Å². The van der Waals surface area contributed by atoms with Crippen LogP contribution in [0.3, 0.4) is 0 Å². The SMILES string of the molecule is CCCCCCCCCOc1ccc(C(=O)Oc2ccc(C(=O)Oc3ccc(C(c4ccc(OC(=O)c5ccc(OC(=O)c6ccc(OCCCCCCCCC)cc6)cc5)cc4)(C(F)(F)F)C(F)(F)F)cc3)cc2)cc1. The van der Waals surface area contributed by atoms with Crippen molar-refractivity contribution in [3.05, 3.63) is 179 Å². The van der Waals surface area contributed by atoms with Gasteiger partial charge < -0.3 is 28.4 Å². The molecule has 10 nitrogen and oxygen atoms in total. The van der Waals surface area contributed by atoms with Gasteiger partial charge in [0, 0.05) is 0 Å². The minimum Gasteiger partial charge on any atom is -0.494 e. The first-order valence-electron chi connectivity index (χ1n) is 25.9. The number of rotatable bonds is 28. The highest BCUT2D eigenvalue weighted by atomic mass is 19.4. The van der Waals surface area contributed by atoms with E-state index in [1.165, 1.54) is 99.9 Å². The highest BCUT2D eigenvalue weighted by Gasteiger charge is 2.72. The fraction of sp³-hybridized carbons (Fsp3) is 0.344. The summed E-state index contributed by atoms with van der Waals surface area (Å²) in [5, 5.41) is 0. The molecule has 0 spiro atoms. The summed E-state index contributed by atoms with van der Waals surface area (Å²) in [5.41, 5.74) is -6.67. The molecule has 6 aromatic rings. The van der Waals surface area contributed by atoms with Crippen molar-refractivity contribution in [3.8, 4) is 34.5 Å². The molecule has 6 rings (SSSR count). The molecule has 0 N–H and O–H groups in total. The Labute approximate surface area is 444 Å². The zero-order valence-corrected chi connectivity index (χ0v) is 43.0. The lowest BCUT2D eigenvalue weighted by Gasteiger charge is -2.38. The van der Waals surface area contributed by atoms with Gasteiger partial charge in [0.2, 0.25) is 5.41 Å². The molecule has 0 aliphatic rings. The number of carbonyl (C=O) groups is 4. The summed E-state index contributed by atoms with van der Waals surface area (Å²) in [5.74, 6) is -2.68. The summed E-state index contributed by atoms with van der Waals surface area (Å²) in [4.78, 5) is 51.6. The van der Waals surface area contributed by atoms with Crippen molar-refractivity contribution in [1.29, 1.82) is 0 Å². The maximum absolute atomic E-state index is 15.0. The summed E-state index contributed by atoms with van der Waals surface area (Å²) < 4.78 is 123. The molecule has 0 radical (unpaired) electrons. The maximum atomic E-state index is 15.0. The molecule has 0 aliphatic carbocycles. The number of benzene rings is 6. The Balaban J connectivity index is 1.01. The molecule has 0 unspecified atom stereocenters. The summed E-state index contributed by atoms with van der Waals surface area (Å²) in [6.45, 7) is 5.48. The molecule has 0 saturated carbocycles. The largest absolute Gasteiger partial charge is 0.494 e. The average Bonchev–Trinajstić information content (AvgIpc) is 3.48. The lowest BCUT2D eigenvalue weighted by Crippen LogP contribution is -2.54. The summed E-state index contributed by atoms with van der Waals surface area (Å²) in [7, 11) is 0. The number of hydrogen-bond donors (Lipinski definition) is 0. The van der Waals surface area contributed by atoms with Gasteiger partial charge in [0.15, 0.2) is 0 Å². The van der Waals surface area contributed by atoms with E-state index < -0.39 is 52.8 Å². The van der Waals surface area contributed by atoms with Crippen LogP contribution in [0, 0.1) is 0 Å². The van der Waals surface area contributed by atoms with Gasteiger partial charge in [-0.1, -0.05) is 115 Å². The molecule has 0 amide bonds. The number of ether oxygens (including phenoxy) is 6. The van der Waals surface area contributed by atoms with Crippen LogP contribution in [0.4, 0.5) is 26.3 Å². The van der Waals surface area contributed by atoms with Gasteiger partial charge in [0.05, 0.1) is 35.5 Å². The Kier molecular flexibility index (Phi) is 21.7. The summed E-state index contributed by atoms with van der Waals surface area (Å²) >= 11 is 0. The fourth-order valence-corrected chi connectivity index (χ4v) is 8.38. The van der Waals surface area contributed by atoms with E-state index in [4.69, 9.17) is 28.4 Å². The van der Waals surface area contributed by atoms with E-state index in [9.17, 15) is 45.5 Å². The van der Waals surface area contributed by atoms with Crippen molar-refractivity contribution >= 4 is 23.9 Å². The molecule has 16 heteroatoms. The first-order valence-corrected chi connectivity index (χ1v) is 25.9. The Bertz CT molecular complexity index is 2600. The number of alkyl halides is 6. The van der Waals surface area contributed by atoms with Gasteiger partial charge in [0.25, 0.3) is 0 Å². The van der Waals surface area contributed by atoms with Gasteiger partial charge in [-0.05, 0) is 145 Å². The fourth-order valence-electron chi connectivity index (χ4n) is 8.38. The molecule has 77 heavy (non-hydrogen) atoms. The third-order valence-electron chi connectivity index (χ3n) is 12.7. The van der Waals surface area contributed by atoms with Crippen molar-refractivity contribution in [2.45, 2.75) is 122 Å². The van der Waals surface area contributed by atoms with Crippen molar-refractivity contribution in [1.82, 2.24) is 0 Å². The molecule has 0 saturated heterocycles. The summed E-state index contributed by atoms with van der Waals surface area (Å²) in [6.07, 6.45) is 4.23. The van der Waals surface area contributed by atoms with Crippen LogP contribution in [-0.2, 0) is 5.41 Å². The lowest BCUT2D eigenvalue weighted by molar-refractivity contribution is -0.288. The number of esters is 4. The third-order valence-corrected chi connectivity index (χ3v) is 12.7. The molecular formula is C61H62F6O10. The van der Waals surface area contributed by atoms with Crippen LogP contribution in [0.5, 0.6) is 34.5 Å². The predicted molar refractivity (Wildman–Crippen MR) is 278 cm³/mol. The highest BCUT2D eigenvalue weighted by molar-refractivity contribution is 5.94. The second kappa shape index (κ2) is 28.5. The van der Waals surface area contributed by atoms with Crippen LogP contribution in [-0.4, -0.2) is 49.4 Å². The van der Waals surface area contributed by atoms with Crippen LogP contribution in [0.25, 0.3) is 0 Å². The first kappa shape index (κ1) is 58.6. The van der Waals surface area contributed by atoms with Crippen molar-refractivity contribution in [3.63, 3.8) is 0 Å². The zero-order valence-electron chi connectivity index (χ0n) is 43.0. The number of halogens is 6. The number of unbranched alkanes of at least 4 members (excludes halogenated alkanes) is 12. The van der Waals surface area contributed by atoms with Gasteiger partial charge in [-0.15, -0.1) is 0 Å². The lowest BCUT2D eigenvalue weighted by atomic mass is 9.73. The topological polar surface area (TPSA) is 124 Å². The molecule has 408 valence electrons.